The van der Waals surface area contributed by atoms with Crippen molar-refractivity contribution >= 4 is 39.4 Å². The van der Waals surface area contributed by atoms with Crippen molar-refractivity contribution in [3.8, 4) is 0 Å². The van der Waals surface area contributed by atoms with E-state index >= 15 is 0 Å². The summed E-state index contributed by atoms with van der Waals surface area (Å²) in [6, 6.07) is 11.5. The Morgan fingerprint density at radius 2 is 1.75 bits per heavy atom. The molecule has 6 heteroatoms. The number of aryl methyl sites for hydroxylation is 1. The van der Waals surface area contributed by atoms with Gasteiger partial charge < -0.3 is 0 Å². The predicted molar refractivity (Wildman–Crippen MR) is 82.4 cm³/mol. The van der Waals surface area contributed by atoms with Crippen LogP contribution >= 0.6 is 23.2 Å². The quantitative estimate of drug-likeness (QED) is 0.796. The summed E-state index contributed by atoms with van der Waals surface area (Å²) in [6.45, 7) is 1.72. The van der Waals surface area contributed by atoms with E-state index in [0.717, 1.165) is 0 Å². The van der Waals surface area contributed by atoms with Gasteiger partial charge in [-0.05, 0) is 36.2 Å². The first-order chi connectivity index (χ1) is 9.40. The van der Waals surface area contributed by atoms with Gasteiger partial charge in [-0.2, -0.15) is 12.8 Å². The van der Waals surface area contributed by atoms with Gasteiger partial charge >= 0.3 is 0 Å². The Labute approximate surface area is 127 Å². The van der Waals surface area contributed by atoms with Gasteiger partial charge in [-0.25, -0.2) is 0 Å². The van der Waals surface area contributed by atoms with E-state index in [9.17, 15) is 8.42 Å². The third-order valence-electron chi connectivity index (χ3n) is 2.66. The molecule has 0 fully saturated rings. The Hall–Kier alpha value is -1.36. The largest absolute Gasteiger partial charge is 0.282 e. The molecule has 0 spiro atoms. The molecule has 0 N–H and O–H groups in total. The number of nitrogens with zero attached hydrogens (tertiary/aromatic N) is 1. The van der Waals surface area contributed by atoms with E-state index in [4.69, 9.17) is 23.2 Å². The highest BCUT2D eigenvalue weighted by Gasteiger charge is 2.13. The maximum absolute atomic E-state index is 12.1. The van der Waals surface area contributed by atoms with Gasteiger partial charge in [-0.15, -0.1) is 0 Å². The van der Waals surface area contributed by atoms with E-state index in [0.29, 0.717) is 21.2 Å². The lowest BCUT2D eigenvalue weighted by atomic mass is 10.2. The van der Waals surface area contributed by atoms with Crippen LogP contribution in [-0.4, -0.2) is 14.6 Å². The SMILES string of the molecule is Cc1ccccc1S(=O)(=O)/N=C/c1ccc(Cl)c(Cl)c1. The number of benzene rings is 2. The molecule has 0 aliphatic heterocycles. The van der Waals surface area contributed by atoms with Crippen molar-refractivity contribution in [1.82, 2.24) is 0 Å². The third kappa shape index (κ3) is 3.39. The third-order valence-corrected chi connectivity index (χ3v) is 4.79. The van der Waals surface area contributed by atoms with Crippen LogP contribution in [0.5, 0.6) is 0 Å². The first-order valence-electron chi connectivity index (χ1n) is 5.71. The highest BCUT2D eigenvalue weighted by molar-refractivity contribution is 7.90. The van der Waals surface area contributed by atoms with Gasteiger partial charge in [0.2, 0.25) is 0 Å². The molecule has 0 saturated heterocycles. The molecule has 0 heterocycles. The Morgan fingerprint density at radius 1 is 1.05 bits per heavy atom. The lowest BCUT2D eigenvalue weighted by molar-refractivity contribution is 0.597. The van der Waals surface area contributed by atoms with E-state index < -0.39 is 10.0 Å². The van der Waals surface area contributed by atoms with Crippen molar-refractivity contribution in [2.24, 2.45) is 4.40 Å². The monoisotopic (exact) mass is 327 g/mol. The van der Waals surface area contributed by atoms with E-state index in [1.54, 1.807) is 43.3 Å². The van der Waals surface area contributed by atoms with Crippen molar-refractivity contribution in [2.75, 3.05) is 0 Å². The minimum Gasteiger partial charge on any atom is -0.199 e. The van der Waals surface area contributed by atoms with E-state index in [2.05, 4.69) is 4.40 Å². The molecule has 0 amide bonds. The van der Waals surface area contributed by atoms with Crippen molar-refractivity contribution in [1.29, 1.82) is 0 Å². The average molecular weight is 328 g/mol. The number of rotatable bonds is 3. The molecular weight excluding hydrogens is 317 g/mol. The van der Waals surface area contributed by atoms with Crippen LogP contribution in [0.2, 0.25) is 10.0 Å². The minimum absolute atomic E-state index is 0.191. The molecule has 2 aromatic rings. The lowest BCUT2D eigenvalue weighted by Crippen LogP contribution is -2.00. The molecule has 0 radical (unpaired) electrons. The van der Waals surface area contributed by atoms with Crippen LogP contribution in [0.25, 0.3) is 0 Å². The molecule has 0 saturated carbocycles. The highest BCUT2D eigenvalue weighted by atomic mass is 35.5. The Bertz CT molecular complexity index is 770. The summed E-state index contributed by atoms with van der Waals surface area (Å²) in [5, 5.41) is 0.759. The van der Waals surface area contributed by atoms with Crippen molar-refractivity contribution in [3.63, 3.8) is 0 Å². The van der Waals surface area contributed by atoms with Crippen LogP contribution in [0.3, 0.4) is 0 Å². The van der Waals surface area contributed by atoms with Gasteiger partial charge in [0.15, 0.2) is 0 Å². The van der Waals surface area contributed by atoms with Crippen LogP contribution in [0.4, 0.5) is 0 Å². The highest BCUT2D eigenvalue weighted by Crippen LogP contribution is 2.22. The fourth-order valence-electron chi connectivity index (χ4n) is 1.63. The zero-order valence-electron chi connectivity index (χ0n) is 10.5. The second-order valence-electron chi connectivity index (χ2n) is 4.15. The summed E-state index contributed by atoms with van der Waals surface area (Å²) in [6.07, 6.45) is 1.25. The molecule has 0 unspecified atom stereocenters. The fourth-order valence-corrected chi connectivity index (χ4v) is 3.03. The van der Waals surface area contributed by atoms with Crippen molar-refractivity contribution in [2.45, 2.75) is 11.8 Å². The molecule has 0 bridgehead atoms. The van der Waals surface area contributed by atoms with Crippen LogP contribution in [0.15, 0.2) is 51.8 Å². The van der Waals surface area contributed by atoms with Gasteiger partial charge in [-0.3, -0.25) is 0 Å². The summed E-state index contributed by atoms with van der Waals surface area (Å²) in [7, 11) is -3.72. The molecule has 3 nitrogen and oxygen atoms in total. The number of halogens is 2. The van der Waals surface area contributed by atoms with Crippen molar-refractivity contribution in [3.05, 3.63) is 63.6 Å². The zero-order chi connectivity index (χ0) is 14.8. The summed E-state index contributed by atoms with van der Waals surface area (Å²) in [4.78, 5) is 0.191. The van der Waals surface area contributed by atoms with Crippen LogP contribution in [-0.2, 0) is 10.0 Å². The smallest absolute Gasteiger partial charge is 0.199 e. The Morgan fingerprint density at radius 3 is 2.40 bits per heavy atom. The fraction of sp³-hybridized carbons (Fsp3) is 0.0714. The number of hydrogen-bond acceptors (Lipinski definition) is 2. The van der Waals surface area contributed by atoms with Crippen LogP contribution in [0.1, 0.15) is 11.1 Å². The topological polar surface area (TPSA) is 46.5 Å². The molecule has 0 aromatic heterocycles. The molecule has 104 valence electrons. The van der Waals surface area contributed by atoms with Gasteiger partial charge in [-0.1, -0.05) is 47.5 Å². The molecule has 0 aliphatic rings. The van der Waals surface area contributed by atoms with Gasteiger partial charge in [0.1, 0.15) is 0 Å². The molecular formula is C14H11Cl2NO2S. The first kappa shape index (κ1) is 15.0. The average Bonchev–Trinajstić information content (AvgIpc) is 2.40. The number of hydrogen-bond donors (Lipinski definition) is 0. The van der Waals surface area contributed by atoms with Crippen LogP contribution < -0.4 is 0 Å². The summed E-state index contributed by atoms with van der Waals surface area (Å²) >= 11 is 11.7. The standard InChI is InChI=1S/C14H11Cl2NO2S/c1-10-4-2-3-5-14(10)20(18,19)17-9-11-6-7-12(15)13(16)8-11/h2-9H,1H3/b17-9+. The maximum Gasteiger partial charge on any atom is 0.282 e. The second kappa shape index (κ2) is 5.95. The molecule has 20 heavy (non-hydrogen) atoms. The minimum atomic E-state index is -3.72. The van der Waals surface area contributed by atoms with Gasteiger partial charge in [0.25, 0.3) is 10.0 Å². The van der Waals surface area contributed by atoms with Crippen molar-refractivity contribution < 1.29 is 8.42 Å². The Balaban J connectivity index is 2.35. The molecule has 0 aliphatic carbocycles. The summed E-state index contributed by atoms with van der Waals surface area (Å²) < 4.78 is 27.9. The van der Waals surface area contributed by atoms with E-state index in [-0.39, 0.29) is 4.90 Å². The molecule has 2 rings (SSSR count). The van der Waals surface area contributed by atoms with Gasteiger partial charge in [0, 0.05) is 6.21 Å². The maximum atomic E-state index is 12.1. The predicted octanol–water partition coefficient (Wildman–Crippen LogP) is 4.11. The first-order valence-corrected chi connectivity index (χ1v) is 7.91. The Kier molecular flexibility index (Phi) is 4.48. The lowest BCUT2D eigenvalue weighted by Gasteiger charge is -2.02. The summed E-state index contributed by atoms with van der Waals surface area (Å²) in [5.41, 5.74) is 1.22. The second-order valence-corrected chi connectivity index (χ2v) is 6.56. The van der Waals surface area contributed by atoms with E-state index in [1.165, 1.54) is 12.3 Å². The normalized spacial score (nSPS) is 11.9. The van der Waals surface area contributed by atoms with Crippen LogP contribution in [0, 0.1) is 6.92 Å². The van der Waals surface area contributed by atoms with E-state index in [1.807, 2.05) is 0 Å². The molecule has 0 atom stereocenters. The summed E-state index contributed by atoms with van der Waals surface area (Å²) in [5.74, 6) is 0. The van der Waals surface area contributed by atoms with Gasteiger partial charge in [0.05, 0.1) is 14.9 Å². The molecule has 2 aromatic carbocycles. The number of sulfonamides is 1. The zero-order valence-corrected chi connectivity index (χ0v) is 12.9.